The maximum atomic E-state index is 13.5. The van der Waals surface area contributed by atoms with Crippen LogP contribution in [0.2, 0.25) is 0 Å². The third-order valence-electron chi connectivity index (χ3n) is 5.91. The molecule has 0 aromatic heterocycles. The zero-order valence-corrected chi connectivity index (χ0v) is 15.8. The van der Waals surface area contributed by atoms with Crippen LogP contribution in [0.15, 0.2) is 30.3 Å². The highest BCUT2D eigenvalue weighted by Gasteiger charge is 2.46. The fourth-order valence-electron chi connectivity index (χ4n) is 4.37. The first-order valence-corrected chi connectivity index (χ1v) is 9.73. The van der Waals surface area contributed by atoms with Crippen LogP contribution in [0.1, 0.15) is 25.3 Å². The van der Waals surface area contributed by atoms with Gasteiger partial charge in [0.05, 0.1) is 19.2 Å². The number of aliphatic hydroxyl groups is 1. The Morgan fingerprint density at radius 3 is 2.67 bits per heavy atom. The van der Waals surface area contributed by atoms with Crippen molar-refractivity contribution < 1.29 is 18.7 Å². The van der Waals surface area contributed by atoms with E-state index in [0.29, 0.717) is 26.2 Å². The Labute approximate surface area is 159 Å². The smallest absolute Gasteiger partial charge is 0.318 e. The first-order valence-electron chi connectivity index (χ1n) is 9.73. The molecule has 0 spiro atoms. The maximum Gasteiger partial charge on any atom is 0.318 e. The van der Waals surface area contributed by atoms with Gasteiger partial charge in [-0.05, 0) is 17.4 Å². The van der Waals surface area contributed by atoms with Gasteiger partial charge in [0.2, 0.25) is 0 Å². The Bertz CT molecular complexity index is 629. The van der Waals surface area contributed by atoms with E-state index in [-0.39, 0.29) is 43.5 Å². The Morgan fingerprint density at radius 2 is 2.07 bits per heavy atom. The van der Waals surface area contributed by atoms with Crippen LogP contribution in [-0.4, -0.2) is 65.7 Å². The van der Waals surface area contributed by atoms with E-state index in [1.54, 1.807) is 9.80 Å². The van der Waals surface area contributed by atoms with Crippen molar-refractivity contribution in [2.24, 2.45) is 11.8 Å². The summed E-state index contributed by atoms with van der Waals surface area (Å²) >= 11 is 0. The lowest BCUT2D eigenvalue weighted by Crippen LogP contribution is -2.47. The number of rotatable bonds is 6. The van der Waals surface area contributed by atoms with Crippen molar-refractivity contribution in [2.45, 2.75) is 38.3 Å². The number of halogens is 2. The maximum absolute atomic E-state index is 13.5. The second-order valence-corrected chi connectivity index (χ2v) is 7.72. The molecule has 27 heavy (non-hydrogen) atoms. The molecule has 1 aromatic carbocycles. The van der Waals surface area contributed by atoms with Gasteiger partial charge in [0.15, 0.2) is 0 Å². The molecule has 2 heterocycles. The van der Waals surface area contributed by atoms with E-state index in [0.717, 1.165) is 12.0 Å². The monoisotopic (exact) mass is 381 g/mol. The molecule has 7 heteroatoms. The van der Waals surface area contributed by atoms with E-state index in [2.05, 4.69) is 12.2 Å². The molecule has 1 aromatic rings. The zero-order chi connectivity index (χ0) is 19.4. The van der Waals surface area contributed by atoms with Gasteiger partial charge in [-0.25, -0.2) is 13.6 Å². The summed E-state index contributed by atoms with van der Waals surface area (Å²) in [5, 5.41) is 12.9. The summed E-state index contributed by atoms with van der Waals surface area (Å²) < 4.78 is 27.1. The van der Waals surface area contributed by atoms with Crippen LogP contribution in [0.25, 0.3) is 0 Å². The molecule has 5 nitrogen and oxygen atoms in total. The number of hydrogen-bond acceptors (Lipinski definition) is 3. The SMILES string of the molecule is CC[C@@H]1CN(C(=O)NCc2ccccc2)[C@H](CO)[C@@H]1CN1CCC(F)(F)C1. The average Bonchev–Trinajstić information content (AvgIpc) is 3.19. The quantitative estimate of drug-likeness (QED) is 0.796. The summed E-state index contributed by atoms with van der Waals surface area (Å²) in [6.45, 7) is 3.53. The lowest BCUT2D eigenvalue weighted by Gasteiger charge is -2.30. The molecule has 2 aliphatic heterocycles. The van der Waals surface area contributed by atoms with E-state index in [9.17, 15) is 18.7 Å². The van der Waals surface area contributed by atoms with E-state index < -0.39 is 5.92 Å². The molecule has 0 unspecified atom stereocenters. The minimum atomic E-state index is -2.62. The highest BCUT2D eigenvalue weighted by Crippen LogP contribution is 2.35. The summed E-state index contributed by atoms with van der Waals surface area (Å²) in [5.74, 6) is -2.41. The number of aliphatic hydroxyl groups excluding tert-OH is 1. The number of likely N-dealkylation sites (tertiary alicyclic amines) is 2. The van der Waals surface area contributed by atoms with Gasteiger partial charge in [0, 0.05) is 32.6 Å². The first kappa shape index (κ1) is 20.0. The van der Waals surface area contributed by atoms with Crippen molar-refractivity contribution in [1.29, 1.82) is 0 Å². The number of alkyl halides is 2. The fraction of sp³-hybridized carbons (Fsp3) is 0.650. The number of carbonyl (C=O) groups is 1. The van der Waals surface area contributed by atoms with Gasteiger partial charge in [0.1, 0.15) is 0 Å². The molecule has 2 fully saturated rings. The van der Waals surface area contributed by atoms with E-state index in [1.165, 1.54) is 0 Å². The van der Waals surface area contributed by atoms with Crippen molar-refractivity contribution in [2.75, 3.05) is 32.8 Å². The second kappa shape index (κ2) is 8.52. The molecule has 0 bridgehead atoms. The predicted octanol–water partition coefficient (Wildman–Crippen LogP) is 2.56. The molecule has 2 N–H and O–H groups in total. The molecule has 0 radical (unpaired) electrons. The number of urea groups is 1. The number of carbonyl (C=O) groups excluding carboxylic acids is 1. The molecule has 150 valence electrons. The Kier molecular flexibility index (Phi) is 6.32. The van der Waals surface area contributed by atoms with Crippen molar-refractivity contribution >= 4 is 6.03 Å². The number of nitrogens with one attached hydrogen (secondary N) is 1. The van der Waals surface area contributed by atoms with Crippen LogP contribution >= 0.6 is 0 Å². The summed E-state index contributed by atoms with van der Waals surface area (Å²) in [4.78, 5) is 16.2. The number of amides is 2. The van der Waals surface area contributed by atoms with Crippen LogP contribution in [-0.2, 0) is 6.54 Å². The van der Waals surface area contributed by atoms with Crippen LogP contribution < -0.4 is 5.32 Å². The summed E-state index contributed by atoms with van der Waals surface area (Å²) in [6.07, 6.45) is 0.745. The van der Waals surface area contributed by atoms with Crippen molar-refractivity contribution in [3.05, 3.63) is 35.9 Å². The van der Waals surface area contributed by atoms with Gasteiger partial charge < -0.3 is 15.3 Å². The fourth-order valence-corrected chi connectivity index (χ4v) is 4.37. The topological polar surface area (TPSA) is 55.8 Å². The Balaban J connectivity index is 1.63. The number of benzene rings is 1. The molecule has 3 atom stereocenters. The van der Waals surface area contributed by atoms with Crippen molar-refractivity contribution in [1.82, 2.24) is 15.1 Å². The van der Waals surface area contributed by atoms with Crippen LogP contribution in [0, 0.1) is 11.8 Å². The molecular formula is C20H29F2N3O2. The van der Waals surface area contributed by atoms with Crippen LogP contribution in [0.5, 0.6) is 0 Å². The van der Waals surface area contributed by atoms with E-state index in [4.69, 9.17) is 0 Å². The average molecular weight is 381 g/mol. The molecule has 0 saturated carbocycles. The Morgan fingerprint density at radius 1 is 1.33 bits per heavy atom. The first-order chi connectivity index (χ1) is 12.9. The molecule has 2 amide bonds. The van der Waals surface area contributed by atoms with Crippen LogP contribution in [0.4, 0.5) is 13.6 Å². The van der Waals surface area contributed by atoms with E-state index in [1.807, 2.05) is 30.3 Å². The normalized spacial score (nSPS) is 27.9. The van der Waals surface area contributed by atoms with Gasteiger partial charge in [-0.15, -0.1) is 0 Å². The zero-order valence-electron chi connectivity index (χ0n) is 15.8. The summed E-state index contributed by atoms with van der Waals surface area (Å²) in [7, 11) is 0. The standard InChI is InChI=1S/C20H29F2N3O2/c1-2-16-11-25(19(27)23-10-15-6-4-3-5-7-15)18(13-26)17(16)12-24-9-8-20(21,22)14-24/h3-7,16-18,26H,2,8-14H2,1H3,(H,23,27)/t16-,17-,18-/m1/s1. The minimum absolute atomic E-state index is 0.0105. The predicted molar refractivity (Wildman–Crippen MR) is 99.5 cm³/mol. The molecule has 2 aliphatic rings. The third-order valence-corrected chi connectivity index (χ3v) is 5.91. The Hall–Kier alpha value is -1.73. The second-order valence-electron chi connectivity index (χ2n) is 7.72. The lowest BCUT2D eigenvalue weighted by molar-refractivity contribution is 0.00914. The highest BCUT2D eigenvalue weighted by atomic mass is 19.3. The molecule has 0 aliphatic carbocycles. The van der Waals surface area contributed by atoms with Crippen molar-refractivity contribution in [3.8, 4) is 0 Å². The lowest BCUT2D eigenvalue weighted by atomic mass is 9.88. The van der Waals surface area contributed by atoms with Gasteiger partial charge in [-0.1, -0.05) is 43.7 Å². The summed E-state index contributed by atoms with van der Waals surface area (Å²) in [5.41, 5.74) is 1.01. The molecular weight excluding hydrogens is 352 g/mol. The van der Waals surface area contributed by atoms with Gasteiger partial charge in [-0.2, -0.15) is 0 Å². The number of hydrogen-bond donors (Lipinski definition) is 2. The van der Waals surface area contributed by atoms with Gasteiger partial charge >= 0.3 is 6.03 Å². The van der Waals surface area contributed by atoms with Gasteiger partial charge in [-0.3, -0.25) is 4.90 Å². The van der Waals surface area contributed by atoms with E-state index >= 15 is 0 Å². The number of nitrogens with zero attached hydrogens (tertiary/aromatic N) is 2. The van der Waals surface area contributed by atoms with Crippen LogP contribution in [0.3, 0.4) is 0 Å². The molecule has 3 rings (SSSR count). The third kappa shape index (κ3) is 4.76. The van der Waals surface area contributed by atoms with Gasteiger partial charge in [0.25, 0.3) is 5.92 Å². The highest BCUT2D eigenvalue weighted by molar-refractivity contribution is 5.75. The minimum Gasteiger partial charge on any atom is -0.394 e. The largest absolute Gasteiger partial charge is 0.394 e. The van der Waals surface area contributed by atoms with Crippen molar-refractivity contribution in [3.63, 3.8) is 0 Å². The summed E-state index contributed by atoms with van der Waals surface area (Å²) in [6, 6.07) is 9.11. The molecule has 2 saturated heterocycles.